The van der Waals surface area contributed by atoms with Gasteiger partial charge in [-0.05, 0) is 0 Å². The molecule has 0 amide bonds. The predicted molar refractivity (Wildman–Crippen MR) is 74.1 cm³/mol. The number of benzene rings is 1. The number of morpholine rings is 1. The summed E-state index contributed by atoms with van der Waals surface area (Å²) in [6, 6.07) is 5.29. The minimum absolute atomic E-state index is 0.0208. The highest BCUT2D eigenvalue weighted by atomic mass is 16.7. The Bertz CT molecular complexity index is 669. The molecule has 0 bridgehead atoms. The highest BCUT2D eigenvalue weighted by Crippen LogP contribution is 2.40. The topological polar surface area (TPSA) is 116 Å². The van der Waals surface area contributed by atoms with Gasteiger partial charge in [0, 0.05) is 19.2 Å². The van der Waals surface area contributed by atoms with Gasteiger partial charge in [0.1, 0.15) is 17.7 Å². The summed E-state index contributed by atoms with van der Waals surface area (Å²) in [5.74, 6) is -0.189. The molecule has 0 aromatic heterocycles. The number of nitriles is 2. The van der Waals surface area contributed by atoms with Crippen LogP contribution < -0.4 is 14.4 Å². The van der Waals surface area contributed by atoms with Gasteiger partial charge in [0.2, 0.25) is 0 Å². The molecule has 0 saturated carbocycles. The molecule has 8 nitrogen and oxygen atoms in total. The molecule has 8 heteroatoms. The van der Waals surface area contributed by atoms with E-state index < -0.39 is 6.16 Å². The SMILES string of the molecule is COc1cc(C#N)c(N2CCOCC2)c(C#N)c1OC(=O)O. The van der Waals surface area contributed by atoms with Gasteiger partial charge in [-0.15, -0.1) is 0 Å². The van der Waals surface area contributed by atoms with E-state index >= 15 is 0 Å². The lowest BCUT2D eigenvalue weighted by Crippen LogP contribution is -2.37. The van der Waals surface area contributed by atoms with Crippen molar-refractivity contribution in [2.24, 2.45) is 0 Å². The zero-order valence-electron chi connectivity index (χ0n) is 11.8. The minimum atomic E-state index is -1.56. The summed E-state index contributed by atoms with van der Waals surface area (Å²) in [5.41, 5.74) is 0.513. The van der Waals surface area contributed by atoms with Crippen molar-refractivity contribution in [1.29, 1.82) is 10.5 Å². The van der Waals surface area contributed by atoms with Crippen LogP contribution in [0.25, 0.3) is 0 Å². The van der Waals surface area contributed by atoms with E-state index in [0.717, 1.165) is 0 Å². The smallest absolute Gasteiger partial charge is 0.493 e. The van der Waals surface area contributed by atoms with Gasteiger partial charge in [0.25, 0.3) is 0 Å². The first-order valence-corrected chi connectivity index (χ1v) is 6.41. The number of carbonyl (C=O) groups is 1. The lowest BCUT2D eigenvalue weighted by molar-refractivity contribution is 0.122. The highest BCUT2D eigenvalue weighted by Gasteiger charge is 2.26. The molecule has 0 atom stereocenters. The van der Waals surface area contributed by atoms with Gasteiger partial charge in [0.05, 0.1) is 31.6 Å². The molecule has 0 aliphatic carbocycles. The predicted octanol–water partition coefficient (Wildman–Crippen LogP) is 1.33. The number of nitrogens with zero attached hydrogens (tertiary/aromatic N) is 3. The Morgan fingerprint density at radius 1 is 1.36 bits per heavy atom. The van der Waals surface area contributed by atoms with Crippen LogP contribution in [-0.4, -0.2) is 44.7 Å². The zero-order chi connectivity index (χ0) is 16.1. The summed E-state index contributed by atoms with van der Waals surface area (Å²) in [7, 11) is 1.31. The molecule has 22 heavy (non-hydrogen) atoms. The normalized spacial score (nSPS) is 13.9. The number of carboxylic acid groups (broad SMARTS) is 1. The van der Waals surface area contributed by atoms with Crippen LogP contribution in [0.1, 0.15) is 11.1 Å². The lowest BCUT2D eigenvalue weighted by Gasteiger charge is -2.30. The largest absolute Gasteiger partial charge is 0.511 e. The van der Waals surface area contributed by atoms with Crippen LogP contribution in [-0.2, 0) is 4.74 Å². The first-order valence-electron chi connectivity index (χ1n) is 6.41. The van der Waals surface area contributed by atoms with Crippen LogP contribution in [0.4, 0.5) is 10.5 Å². The zero-order valence-corrected chi connectivity index (χ0v) is 11.8. The molecule has 1 aliphatic rings. The first kappa shape index (κ1) is 15.4. The van der Waals surface area contributed by atoms with Crippen LogP contribution in [0.5, 0.6) is 11.5 Å². The van der Waals surface area contributed by atoms with E-state index in [1.807, 2.05) is 12.1 Å². The number of hydrogen-bond acceptors (Lipinski definition) is 7. The van der Waals surface area contributed by atoms with Gasteiger partial charge in [0.15, 0.2) is 11.5 Å². The second-order valence-electron chi connectivity index (χ2n) is 4.37. The van der Waals surface area contributed by atoms with Gasteiger partial charge in [-0.3, -0.25) is 0 Å². The molecular weight excluding hydrogens is 290 g/mol. The summed E-state index contributed by atoms with van der Waals surface area (Å²) in [6.07, 6.45) is -1.56. The van der Waals surface area contributed by atoms with E-state index in [0.29, 0.717) is 32.0 Å². The highest BCUT2D eigenvalue weighted by molar-refractivity contribution is 5.78. The molecule has 114 valence electrons. The maximum absolute atomic E-state index is 10.9. The summed E-state index contributed by atoms with van der Waals surface area (Å²) >= 11 is 0. The van der Waals surface area contributed by atoms with Crippen LogP contribution in [0.2, 0.25) is 0 Å². The Morgan fingerprint density at radius 2 is 2.05 bits per heavy atom. The number of rotatable bonds is 3. The standard InChI is InChI=1S/C14H13N3O5/c1-20-11-6-9(7-15)12(17-2-4-21-5-3-17)10(8-16)13(11)22-14(18)19/h6H,2-5H2,1H3,(H,18,19). The molecule has 1 N–H and O–H groups in total. The fraction of sp³-hybridized carbons (Fsp3) is 0.357. The molecule has 1 aromatic carbocycles. The Labute approximate surface area is 126 Å². The van der Waals surface area contributed by atoms with Crippen molar-refractivity contribution in [2.45, 2.75) is 0 Å². The Morgan fingerprint density at radius 3 is 2.55 bits per heavy atom. The van der Waals surface area contributed by atoms with Crippen LogP contribution >= 0.6 is 0 Å². The van der Waals surface area contributed by atoms with Gasteiger partial charge < -0.3 is 24.2 Å². The van der Waals surface area contributed by atoms with Crippen molar-refractivity contribution in [3.63, 3.8) is 0 Å². The molecule has 1 aromatic rings. The van der Waals surface area contributed by atoms with Crippen LogP contribution in [0.3, 0.4) is 0 Å². The van der Waals surface area contributed by atoms with Gasteiger partial charge in [-0.1, -0.05) is 0 Å². The van der Waals surface area contributed by atoms with E-state index in [-0.39, 0.29) is 22.6 Å². The second kappa shape index (κ2) is 6.66. The Hall–Kier alpha value is -2.97. The number of methoxy groups -OCH3 is 1. The van der Waals surface area contributed by atoms with Crippen molar-refractivity contribution in [3.8, 4) is 23.6 Å². The average molecular weight is 303 g/mol. The lowest BCUT2D eigenvalue weighted by atomic mass is 10.0. The molecule has 1 heterocycles. The molecule has 1 fully saturated rings. The molecule has 1 saturated heterocycles. The van der Waals surface area contributed by atoms with E-state index in [1.165, 1.54) is 13.2 Å². The Balaban J connectivity index is 2.66. The van der Waals surface area contributed by atoms with Gasteiger partial charge >= 0.3 is 6.16 Å². The third-order valence-corrected chi connectivity index (χ3v) is 3.19. The summed E-state index contributed by atoms with van der Waals surface area (Å²) in [6.45, 7) is 1.89. The quantitative estimate of drug-likeness (QED) is 0.656. The fourth-order valence-corrected chi connectivity index (χ4v) is 2.28. The van der Waals surface area contributed by atoms with Crippen LogP contribution in [0.15, 0.2) is 6.07 Å². The Kier molecular flexibility index (Phi) is 4.66. The molecule has 0 spiro atoms. The van der Waals surface area contributed by atoms with Crippen molar-refractivity contribution in [3.05, 3.63) is 17.2 Å². The summed E-state index contributed by atoms with van der Waals surface area (Å²) < 4.78 is 15.0. The molecule has 0 unspecified atom stereocenters. The maximum atomic E-state index is 10.9. The molecule has 0 radical (unpaired) electrons. The number of anilines is 1. The summed E-state index contributed by atoms with van der Waals surface area (Å²) in [5, 5.41) is 27.6. The fourth-order valence-electron chi connectivity index (χ4n) is 2.28. The number of ether oxygens (including phenoxy) is 3. The van der Waals surface area contributed by atoms with Crippen molar-refractivity contribution < 1.29 is 24.1 Å². The molecule has 2 rings (SSSR count). The van der Waals surface area contributed by atoms with Gasteiger partial charge in [-0.25, -0.2) is 4.79 Å². The molecular formula is C14H13N3O5. The number of hydrogen-bond donors (Lipinski definition) is 1. The van der Waals surface area contributed by atoms with Crippen LogP contribution in [0, 0.1) is 22.7 Å². The maximum Gasteiger partial charge on any atom is 0.511 e. The van der Waals surface area contributed by atoms with E-state index in [2.05, 4.69) is 0 Å². The second-order valence-corrected chi connectivity index (χ2v) is 4.37. The third-order valence-electron chi connectivity index (χ3n) is 3.19. The van der Waals surface area contributed by atoms with Crippen molar-refractivity contribution in [1.82, 2.24) is 0 Å². The van der Waals surface area contributed by atoms with Crippen molar-refractivity contribution >= 4 is 11.8 Å². The van der Waals surface area contributed by atoms with E-state index in [4.69, 9.17) is 19.3 Å². The van der Waals surface area contributed by atoms with Gasteiger partial charge in [-0.2, -0.15) is 10.5 Å². The first-order chi connectivity index (χ1) is 10.6. The van der Waals surface area contributed by atoms with E-state index in [9.17, 15) is 15.3 Å². The van der Waals surface area contributed by atoms with Crippen molar-refractivity contribution in [2.75, 3.05) is 38.3 Å². The van der Waals surface area contributed by atoms with E-state index in [1.54, 1.807) is 4.90 Å². The average Bonchev–Trinajstić information content (AvgIpc) is 2.54. The third kappa shape index (κ3) is 2.87. The summed E-state index contributed by atoms with van der Waals surface area (Å²) in [4.78, 5) is 12.7. The molecule has 1 aliphatic heterocycles. The monoisotopic (exact) mass is 303 g/mol. The minimum Gasteiger partial charge on any atom is -0.493 e.